The van der Waals surface area contributed by atoms with Gasteiger partial charge in [0, 0.05) is 11.8 Å². The van der Waals surface area contributed by atoms with Crippen molar-refractivity contribution in [1.29, 1.82) is 0 Å². The van der Waals surface area contributed by atoms with Crippen molar-refractivity contribution < 1.29 is 9.90 Å². The Morgan fingerprint density at radius 2 is 2.14 bits per heavy atom. The summed E-state index contributed by atoms with van der Waals surface area (Å²) in [6.07, 6.45) is 3.92. The number of allylic oxidation sites excluding steroid dienone is 1. The molecule has 14 heavy (non-hydrogen) atoms. The molecule has 0 radical (unpaired) electrons. The van der Waals surface area contributed by atoms with Gasteiger partial charge in [0.2, 0.25) is 0 Å². The molecule has 0 aromatic heterocycles. The van der Waals surface area contributed by atoms with Gasteiger partial charge in [-0.05, 0) is 19.3 Å². The quantitative estimate of drug-likeness (QED) is 0.639. The first-order chi connectivity index (χ1) is 6.44. The number of carbonyl (C=O) groups excluding carboxylic acids is 1. The van der Waals surface area contributed by atoms with Crippen molar-refractivity contribution in [3.63, 3.8) is 0 Å². The number of hydrogen-bond acceptors (Lipinski definition) is 2. The van der Waals surface area contributed by atoms with Gasteiger partial charge in [0.25, 0.3) is 0 Å². The molecular formula is C12H22O2. The molecule has 0 aromatic carbocycles. The van der Waals surface area contributed by atoms with E-state index in [2.05, 4.69) is 6.58 Å². The van der Waals surface area contributed by atoms with Crippen LogP contribution in [-0.2, 0) is 4.79 Å². The Morgan fingerprint density at radius 1 is 1.57 bits per heavy atom. The number of rotatable bonds is 7. The second kappa shape index (κ2) is 5.97. The van der Waals surface area contributed by atoms with E-state index in [0.717, 1.165) is 12.8 Å². The summed E-state index contributed by atoms with van der Waals surface area (Å²) >= 11 is 0. The van der Waals surface area contributed by atoms with Gasteiger partial charge in [0.15, 0.2) is 0 Å². The van der Waals surface area contributed by atoms with Crippen molar-refractivity contribution in [2.24, 2.45) is 5.41 Å². The minimum absolute atomic E-state index is 0.147. The van der Waals surface area contributed by atoms with Crippen LogP contribution >= 0.6 is 0 Å². The van der Waals surface area contributed by atoms with E-state index < -0.39 is 6.10 Å². The molecule has 0 aliphatic heterocycles. The van der Waals surface area contributed by atoms with Gasteiger partial charge in [-0.2, -0.15) is 0 Å². The van der Waals surface area contributed by atoms with Gasteiger partial charge in [-0.3, -0.25) is 4.79 Å². The molecule has 0 saturated carbocycles. The van der Waals surface area contributed by atoms with E-state index in [1.54, 1.807) is 0 Å². The maximum Gasteiger partial charge on any atom is 0.141 e. The highest BCUT2D eigenvalue weighted by atomic mass is 16.3. The molecule has 0 aromatic rings. The molecule has 82 valence electrons. The summed E-state index contributed by atoms with van der Waals surface area (Å²) in [6, 6.07) is 0. The lowest BCUT2D eigenvalue weighted by molar-refractivity contribution is -0.129. The summed E-state index contributed by atoms with van der Waals surface area (Å²) in [5.41, 5.74) is -0.329. The molecule has 0 bridgehead atoms. The monoisotopic (exact) mass is 198 g/mol. The van der Waals surface area contributed by atoms with E-state index in [1.807, 2.05) is 26.8 Å². The van der Waals surface area contributed by atoms with Crippen LogP contribution in [0.1, 0.15) is 46.5 Å². The zero-order valence-corrected chi connectivity index (χ0v) is 9.55. The molecule has 2 heteroatoms. The minimum Gasteiger partial charge on any atom is -0.393 e. The Labute approximate surface area is 87.0 Å². The lowest BCUT2D eigenvalue weighted by Crippen LogP contribution is -2.27. The Hall–Kier alpha value is -0.630. The number of aliphatic hydroxyl groups excluding tert-OH is 1. The molecule has 2 nitrogen and oxygen atoms in total. The lowest BCUT2D eigenvalue weighted by atomic mass is 9.81. The third-order valence-electron chi connectivity index (χ3n) is 2.62. The van der Waals surface area contributed by atoms with Crippen LogP contribution in [0.15, 0.2) is 12.7 Å². The zero-order chi connectivity index (χ0) is 11.2. The van der Waals surface area contributed by atoms with Gasteiger partial charge in [0.1, 0.15) is 5.78 Å². The first-order valence-electron chi connectivity index (χ1n) is 5.26. The Kier molecular flexibility index (Phi) is 5.70. The summed E-state index contributed by atoms with van der Waals surface area (Å²) in [4.78, 5) is 11.7. The Bertz CT molecular complexity index is 194. The van der Waals surface area contributed by atoms with Gasteiger partial charge in [-0.15, -0.1) is 6.58 Å². The largest absolute Gasteiger partial charge is 0.393 e. The number of Topliss-reactive ketones (excluding diaryl/α,β-unsaturated/α-hetero) is 1. The number of carbonyl (C=O) groups is 1. The van der Waals surface area contributed by atoms with Crippen LogP contribution < -0.4 is 0 Å². The van der Waals surface area contributed by atoms with Crippen molar-refractivity contribution in [2.45, 2.75) is 52.6 Å². The molecule has 1 unspecified atom stereocenters. The average Bonchev–Trinajstić information content (AvgIpc) is 2.14. The highest BCUT2D eigenvalue weighted by molar-refractivity contribution is 5.84. The van der Waals surface area contributed by atoms with Crippen LogP contribution in [0.4, 0.5) is 0 Å². The molecule has 0 spiro atoms. The minimum atomic E-state index is -0.481. The van der Waals surface area contributed by atoms with Crippen molar-refractivity contribution in [3.8, 4) is 0 Å². The Balaban J connectivity index is 4.13. The fourth-order valence-corrected chi connectivity index (χ4v) is 1.24. The molecule has 0 amide bonds. The van der Waals surface area contributed by atoms with Crippen LogP contribution in [0, 0.1) is 5.41 Å². The number of ketones is 1. The van der Waals surface area contributed by atoms with Crippen molar-refractivity contribution in [2.75, 3.05) is 0 Å². The summed E-state index contributed by atoms with van der Waals surface area (Å²) in [7, 11) is 0. The van der Waals surface area contributed by atoms with Crippen LogP contribution in [0.5, 0.6) is 0 Å². The molecule has 1 atom stereocenters. The van der Waals surface area contributed by atoms with Crippen LogP contribution in [-0.4, -0.2) is 17.0 Å². The topological polar surface area (TPSA) is 37.3 Å². The molecule has 0 fully saturated rings. The van der Waals surface area contributed by atoms with E-state index in [0.29, 0.717) is 6.42 Å². The zero-order valence-electron chi connectivity index (χ0n) is 9.55. The van der Waals surface area contributed by atoms with Crippen molar-refractivity contribution in [3.05, 3.63) is 12.7 Å². The molecular weight excluding hydrogens is 176 g/mol. The lowest BCUT2D eigenvalue weighted by Gasteiger charge is -2.23. The molecule has 0 saturated heterocycles. The van der Waals surface area contributed by atoms with E-state index in [1.165, 1.54) is 0 Å². The first kappa shape index (κ1) is 13.4. The van der Waals surface area contributed by atoms with Crippen molar-refractivity contribution >= 4 is 5.78 Å². The summed E-state index contributed by atoms with van der Waals surface area (Å²) < 4.78 is 0. The maximum absolute atomic E-state index is 11.7. The van der Waals surface area contributed by atoms with Crippen LogP contribution in [0.3, 0.4) is 0 Å². The van der Waals surface area contributed by atoms with Gasteiger partial charge < -0.3 is 5.11 Å². The predicted octanol–water partition coefficient (Wildman–Crippen LogP) is 2.71. The number of hydrogen-bond donors (Lipinski definition) is 1. The second-order valence-electron chi connectivity index (χ2n) is 4.40. The Morgan fingerprint density at radius 3 is 2.57 bits per heavy atom. The SMILES string of the molecule is C=CCCC(C)(C)C(=O)CC(O)CC. The molecule has 0 aliphatic carbocycles. The van der Waals surface area contributed by atoms with Gasteiger partial charge in [-0.1, -0.05) is 26.8 Å². The normalized spacial score (nSPS) is 13.7. The molecule has 0 heterocycles. The predicted molar refractivity (Wildman–Crippen MR) is 59.1 cm³/mol. The highest BCUT2D eigenvalue weighted by Gasteiger charge is 2.27. The van der Waals surface area contributed by atoms with Gasteiger partial charge >= 0.3 is 0 Å². The molecule has 1 N–H and O–H groups in total. The standard InChI is InChI=1S/C12H22O2/c1-5-7-8-12(3,4)11(14)9-10(13)6-2/h5,10,13H,1,6-9H2,2-4H3. The molecule has 0 aliphatic rings. The van der Waals surface area contributed by atoms with Crippen molar-refractivity contribution in [1.82, 2.24) is 0 Å². The van der Waals surface area contributed by atoms with E-state index in [9.17, 15) is 9.90 Å². The summed E-state index contributed by atoms with van der Waals surface area (Å²) in [6.45, 7) is 9.39. The van der Waals surface area contributed by atoms with E-state index in [-0.39, 0.29) is 17.6 Å². The van der Waals surface area contributed by atoms with Crippen LogP contribution in [0.25, 0.3) is 0 Å². The second-order valence-corrected chi connectivity index (χ2v) is 4.40. The fraction of sp³-hybridized carbons (Fsp3) is 0.750. The third-order valence-corrected chi connectivity index (χ3v) is 2.62. The highest BCUT2D eigenvalue weighted by Crippen LogP contribution is 2.26. The van der Waals surface area contributed by atoms with Gasteiger partial charge in [0.05, 0.1) is 6.10 Å². The summed E-state index contributed by atoms with van der Waals surface area (Å²) in [5.74, 6) is 0.147. The van der Waals surface area contributed by atoms with Gasteiger partial charge in [-0.25, -0.2) is 0 Å². The smallest absolute Gasteiger partial charge is 0.141 e. The average molecular weight is 198 g/mol. The third kappa shape index (κ3) is 4.56. The molecule has 0 rings (SSSR count). The van der Waals surface area contributed by atoms with E-state index in [4.69, 9.17) is 0 Å². The fourth-order valence-electron chi connectivity index (χ4n) is 1.24. The maximum atomic E-state index is 11.7. The van der Waals surface area contributed by atoms with E-state index >= 15 is 0 Å². The number of aliphatic hydroxyl groups is 1. The van der Waals surface area contributed by atoms with Crippen LogP contribution in [0.2, 0.25) is 0 Å². The summed E-state index contributed by atoms with van der Waals surface area (Å²) in [5, 5.41) is 9.38. The first-order valence-corrected chi connectivity index (χ1v) is 5.26.